The van der Waals surface area contributed by atoms with E-state index < -0.39 is 5.91 Å². The fourth-order valence-corrected chi connectivity index (χ4v) is 3.50. The maximum absolute atomic E-state index is 13.2. The van der Waals surface area contributed by atoms with Gasteiger partial charge in [0.15, 0.2) is 5.76 Å². The quantitative estimate of drug-likeness (QED) is 0.285. The molecule has 0 spiro atoms. The zero-order valence-corrected chi connectivity index (χ0v) is 19.8. The second-order valence-electron chi connectivity index (χ2n) is 7.66. The van der Waals surface area contributed by atoms with Gasteiger partial charge in [0.05, 0.1) is 24.6 Å². The first-order chi connectivity index (χ1) is 17.5. The molecule has 1 aromatic heterocycles. The van der Waals surface area contributed by atoms with E-state index in [1.807, 2.05) is 19.9 Å². The third-order valence-electron chi connectivity index (χ3n) is 5.17. The van der Waals surface area contributed by atoms with Gasteiger partial charge in [0, 0.05) is 23.3 Å². The monoisotopic (exact) mass is 488 g/mol. The van der Waals surface area contributed by atoms with E-state index in [1.165, 1.54) is 18.2 Å². The number of furan rings is 1. The molecule has 0 aliphatic rings. The normalized spacial score (nSPS) is 10.5. The molecule has 4 rings (SSSR count). The first-order valence-corrected chi connectivity index (χ1v) is 11.5. The molecule has 3 aromatic carbocycles. The molecule has 0 saturated heterocycles. The second-order valence-corrected chi connectivity index (χ2v) is 7.66. The Morgan fingerprint density at radius 3 is 1.94 bits per heavy atom. The van der Waals surface area contributed by atoms with E-state index in [1.54, 1.807) is 54.6 Å². The summed E-state index contributed by atoms with van der Waals surface area (Å²) in [6.45, 7) is 4.30. The highest BCUT2D eigenvalue weighted by Gasteiger charge is 2.19. The predicted octanol–water partition coefficient (Wildman–Crippen LogP) is 6.39. The maximum Gasteiger partial charge on any atom is 0.291 e. The molecule has 0 unspecified atom stereocenters. The minimum absolute atomic E-state index is 0.0659. The van der Waals surface area contributed by atoms with E-state index in [-0.39, 0.29) is 17.5 Å². The summed E-state index contributed by atoms with van der Waals surface area (Å²) >= 11 is 0. The van der Waals surface area contributed by atoms with E-state index in [9.17, 15) is 14.0 Å². The number of rotatable bonds is 9. The Bertz CT molecular complexity index is 1350. The van der Waals surface area contributed by atoms with Crippen LogP contribution in [-0.2, 0) is 0 Å². The van der Waals surface area contributed by atoms with Crippen LogP contribution in [0.1, 0.15) is 34.8 Å². The summed E-state index contributed by atoms with van der Waals surface area (Å²) in [7, 11) is 0. The molecule has 0 saturated carbocycles. The number of benzene rings is 3. The maximum atomic E-state index is 13.2. The fourth-order valence-electron chi connectivity index (χ4n) is 3.50. The second kappa shape index (κ2) is 11.2. The van der Waals surface area contributed by atoms with Crippen LogP contribution in [0, 0.1) is 5.82 Å². The Morgan fingerprint density at radius 2 is 1.36 bits per heavy atom. The first kappa shape index (κ1) is 24.5. The standard InChI is InChI=1S/C28H25FN2O5/c1-3-34-25-17-22(26(35-4-2)16-21(25)30-27(32)19-8-6-5-7-9-19)31-28(33)24-15-14-23(36-24)18-10-12-20(29)13-11-18/h5-17H,3-4H2,1-2H3,(H,30,32)(H,31,33). The first-order valence-electron chi connectivity index (χ1n) is 11.5. The topological polar surface area (TPSA) is 89.8 Å². The molecule has 0 aliphatic carbocycles. The van der Waals surface area contributed by atoms with Crippen molar-refractivity contribution in [2.24, 2.45) is 0 Å². The van der Waals surface area contributed by atoms with Crippen LogP contribution in [-0.4, -0.2) is 25.0 Å². The molecule has 2 amide bonds. The minimum atomic E-state index is -0.507. The molecule has 36 heavy (non-hydrogen) atoms. The molecular formula is C28H25FN2O5. The number of anilines is 2. The number of hydrogen-bond donors (Lipinski definition) is 2. The highest BCUT2D eigenvalue weighted by atomic mass is 19.1. The van der Waals surface area contributed by atoms with Crippen molar-refractivity contribution in [1.82, 2.24) is 0 Å². The number of halogens is 1. The summed E-state index contributed by atoms with van der Waals surface area (Å²) in [5.41, 5.74) is 1.89. The zero-order valence-electron chi connectivity index (χ0n) is 19.8. The number of carbonyl (C=O) groups is 2. The SMILES string of the molecule is CCOc1cc(NC(=O)c2ccc(-c3ccc(F)cc3)o2)c(OCC)cc1NC(=O)c1ccccc1. The van der Waals surface area contributed by atoms with Crippen LogP contribution < -0.4 is 20.1 Å². The lowest BCUT2D eigenvalue weighted by Gasteiger charge is -2.17. The van der Waals surface area contributed by atoms with Gasteiger partial charge in [-0.05, 0) is 62.4 Å². The average Bonchev–Trinajstić information content (AvgIpc) is 3.38. The van der Waals surface area contributed by atoms with Crippen LogP contribution in [0.5, 0.6) is 11.5 Å². The fraction of sp³-hybridized carbons (Fsp3) is 0.143. The summed E-state index contributed by atoms with van der Waals surface area (Å²) in [5, 5.41) is 5.63. The van der Waals surface area contributed by atoms with E-state index in [2.05, 4.69) is 10.6 Å². The highest BCUT2D eigenvalue weighted by Crippen LogP contribution is 2.37. The van der Waals surface area contributed by atoms with Gasteiger partial charge in [-0.2, -0.15) is 0 Å². The summed E-state index contributed by atoms with van der Waals surface area (Å²) in [6.07, 6.45) is 0. The number of carbonyl (C=O) groups excluding carboxylic acids is 2. The Morgan fingerprint density at radius 1 is 0.778 bits per heavy atom. The lowest BCUT2D eigenvalue weighted by Crippen LogP contribution is -2.15. The van der Waals surface area contributed by atoms with Gasteiger partial charge in [0.2, 0.25) is 0 Å². The number of hydrogen-bond acceptors (Lipinski definition) is 5. The number of amides is 2. The molecular weight excluding hydrogens is 463 g/mol. The van der Waals surface area contributed by atoms with Gasteiger partial charge >= 0.3 is 0 Å². The van der Waals surface area contributed by atoms with Crippen molar-refractivity contribution >= 4 is 23.2 Å². The van der Waals surface area contributed by atoms with Crippen molar-refractivity contribution in [3.63, 3.8) is 0 Å². The summed E-state index contributed by atoms with van der Waals surface area (Å²) < 4.78 is 30.4. The smallest absolute Gasteiger partial charge is 0.291 e. The average molecular weight is 489 g/mol. The molecule has 1 heterocycles. The van der Waals surface area contributed by atoms with Gasteiger partial charge in [-0.1, -0.05) is 18.2 Å². The van der Waals surface area contributed by atoms with Gasteiger partial charge in [-0.25, -0.2) is 4.39 Å². The third kappa shape index (κ3) is 5.72. The van der Waals surface area contributed by atoms with E-state index in [4.69, 9.17) is 13.9 Å². The molecule has 4 aromatic rings. The summed E-state index contributed by atoms with van der Waals surface area (Å²) in [4.78, 5) is 25.7. The van der Waals surface area contributed by atoms with Crippen molar-refractivity contribution in [3.8, 4) is 22.8 Å². The van der Waals surface area contributed by atoms with Crippen molar-refractivity contribution < 1.29 is 27.9 Å². The van der Waals surface area contributed by atoms with Crippen LogP contribution in [0.2, 0.25) is 0 Å². The van der Waals surface area contributed by atoms with Crippen LogP contribution in [0.4, 0.5) is 15.8 Å². The van der Waals surface area contributed by atoms with E-state index >= 15 is 0 Å². The number of nitrogens with one attached hydrogen (secondary N) is 2. The lowest BCUT2D eigenvalue weighted by molar-refractivity contribution is 0.0994. The molecule has 0 bridgehead atoms. The van der Waals surface area contributed by atoms with Crippen molar-refractivity contribution in [1.29, 1.82) is 0 Å². The Labute approximate surface area is 207 Å². The molecule has 184 valence electrons. The highest BCUT2D eigenvalue weighted by molar-refractivity contribution is 6.06. The van der Waals surface area contributed by atoms with Gasteiger partial charge < -0.3 is 24.5 Å². The Balaban J connectivity index is 1.59. The number of ether oxygens (including phenoxy) is 2. The van der Waals surface area contributed by atoms with Crippen molar-refractivity contribution in [3.05, 3.63) is 96.0 Å². The van der Waals surface area contributed by atoms with Crippen LogP contribution in [0.15, 0.2) is 83.3 Å². The lowest BCUT2D eigenvalue weighted by atomic mass is 10.2. The van der Waals surface area contributed by atoms with E-state index in [0.29, 0.717) is 53.0 Å². The van der Waals surface area contributed by atoms with Crippen LogP contribution in [0.3, 0.4) is 0 Å². The molecule has 7 nitrogen and oxygen atoms in total. The largest absolute Gasteiger partial charge is 0.492 e. The Kier molecular flexibility index (Phi) is 7.65. The predicted molar refractivity (Wildman–Crippen MR) is 135 cm³/mol. The molecule has 0 fully saturated rings. The minimum Gasteiger partial charge on any atom is -0.492 e. The van der Waals surface area contributed by atoms with Gasteiger partial charge in [0.25, 0.3) is 11.8 Å². The molecule has 8 heteroatoms. The summed E-state index contributed by atoms with van der Waals surface area (Å²) in [6, 6.07) is 20.9. The molecule has 0 radical (unpaired) electrons. The third-order valence-corrected chi connectivity index (χ3v) is 5.17. The molecule has 0 atom stereocenters. The summed E-state index contributed by atoms with van der Waals surface area (Å²) in [5.74, 6) is 0.0399. The van der Waals surface area contributed by atoms with Crippen molar-refractivity contribution in [2.75, 3.05) is 23.8 Å². The van der Waals surface area contributed by atoms with Gasteiger partial charge in [0.1, 0.15) is 23.1 Å². The van der Waals surface area contributed by atoms with Gasteiger partial charge in [-0.3, -0.25) is 9.59 Å². The van der Waals surface area contributed by atoms with Crippen LogP contribution >= 0.6 is 0 Å². The van der Waals surface area contributed by atoms with Crippen molar-refractivity contribution in [2.45, 2.75) is 13.8 Å². The van der Waals surface area contributed by atoms with Gasteiger partial charge in [-0.15, -0.1) is 0 Å². The van der Waals surface area contributed by atoms with Crippen LogP contribution in [0.25, 0.3) is 11.3 Å². The zero-order chi connectivity index (χ0) is 25.5. The molecule has 2 N–H and O–H groups in total. The van der Waals surface area contributed by atoms with E-state index in [0.717, 1.165) is 0 Å². The Hall–Kier alpha value is -4.59. The molecule has 0 aliphatic heterocycles.